The zero-order chi connectivity index (χ0) is 20.4. The van der Waals surface area contributed by atoms with Crippen molar-refractivity contribution in [2.75, 3.05) is 11.4 Å². The molecule has 0 N–H and O–H groups in total. The largest absolute Gasteiger partial charge is 0.362 e. The van der Waals surface area contributed by atoms with E-state index >= 15 is 0 Å². The Bertz CT molecular complexity index is 942. The van der Waals surface area contributed by atoms with E-state index in [1.54, 1.807) is 23.1 Å². The van der Waals surface area contributed by atoms with Gasteiger partial charge < -0.3 is 9.80 Å². The molecule has 1 aliphatic heterocycles. The number of rotatable bonds is 5. The molecule has 0 radical (unpaired) electrons. The molecule has 2 aromatic rings. The summed E-state index contributed by atoms with van der Waals surface area (Å²) in [6.45, 7) is 4.44. The zero-order valence-electron chi connectivity index (χ0n) is 15.6. The lowest BCUT2D eigenvalue weighted by molar-refractivity contribution is -0.129. The second-order valence-corrected chi connectivity index (χ2v) is 7.52. The number of hydrogen-bond acceptors (Lipinski definition) is 3. The molecule has 1 amide bonds. The van der Waals surface area contributed by atoms with Crippen LogP contribution in [-0.2, 0) is 11.3 Å². The maximum atomic E-state index is 14.3. The lowest BCUT2D eigenvalue weighted by Crippen LogP contribution is -2.39. The topological polar surface area (TPSA) is 47.3 Å². The van der Waals surface area contributed by atoms with Crippen molar-refractivity contribution in [3.8, 4) is 6.07 Å². The van der Waals surface area contributed by atoms with Crippen molar-refractivity contribution in [3.05, 3.63) is 64.2 Å². The summed E-state index contributed by atoms with van der Waals surface area (Å²) in [5.41, 5.74) is 1.17. The smallest absolute Gasteiger partial charge is 0.225 e. The van der Waals surface area contributed by atoms with E-state index in [1.165, 1.54) is 12.1 Å². The molecule has 3 rings (SSSR count). The molecule has 1 atom stereocenters. The fourth-order valence-electron chi connectivity index (χ4n) is 3.48. The van der Waals surface area contributed by atoms with Crippen LogP contribution in [0.15, 0.2) is 36.4 Å². The highest BCUT2D eigenvalue weighted by Crippen LogP contribution is 2.30. The van der Waals surface area contributed by atoms with Gasteiger partial charge in [-0.3, -0.25) is 4.79 Å². The van der Waals surface area contributed by atoms with Crippen LogP contribution < -0.4 is 4.90 Å². The Labute approximate surface area is 167 Å². The maximum absolute atomic E-state index is 14.3. The molecule has 0 spiro atoms. The molecule has 0 unspecified atom stereocenters. The summed E-state index contributed by atoms with van der Waals surface area (Å²) in [4.78, 5) is 16.0. The Morgan fingerprint density at radius 2 is 2.07 bits per heavy atom. The Balaban J connectivity index is 1.99. The van der Waals surface area contributed by atoms with Crippen LogP contribution in [0.5, 0.6) is 0 Å². The normalized spacial score (nSPS) is 16.5. The van der Waals surface area contributed by atoms with Gasteiger partial charge in [-0.25, -0.2) is 8.78 Å². The molecule has 28 heavy (non-hydrogen) atoms. The van der Waals surface area contributed by atoms with Crippen LogP contribution >= 0.6 is 11.6 Å². The predicted octanol–water partition coefficient (Wildman–Crippen LogP) is 4.51. The molecule has 1 fully saturated rings. The quantitative estimate of drug-likeness (QED) is 0.738. The molecule has 0 aliphatic carbocycles. The summed E-state index contributed by atoms with van der Waals surface area (Å²) in [5.74, 6) is -1.80. The van der Waals surface area contributed by atoms with Crippen LogP contribution in [0.3, 0.4) is 0 Å². The number of nitrogens with zero attached hydrogens (tertiary/aromatic N) is 3. The second-order valence-electron chi connectivity index (χ2n) is 7.11. The molecule has 1 heterocycles. The predicted molar refractivity (Wildman–Crippen MR) is 104 cm³/mol. The molecule has 0 bridgehead atoms. The van der Waals surface area contributed by atoms with Gasteiger partial charge in [-0.2, -0.15) is 5.26 Å². The van der Waals surface area contributed by atoms with Crippen molar-refractivity contribution in [1.29, 1.82) is 5.26 Å². The SMILES string of the molecule is CC(C)N1C[C@@H](N(Cc2cccc(F)c2F)c2ccc(C#N)c(Cl)c2)CC1=O. The summed E-state index contributed by atoms with van der Waals surface area (Å²) in [5, 5.41) is 9.37. The Kier molecular flexibility index (Phi) is 5.85. The van der Waals surface area contributed by atoms with Crippen molar-refractivity contribution in [1.82, 2.24) is 4.90 Å². The van der Waals surface area contributed by atoms with Gasteiger partial charge in [-0.05, 0) is 38.1 Å². The molecule has 2 aromatic carbocycles. The molecule has 1 saturated heterocycles. The fraction of sp³-hybridized carbons (Fsp3) is 0.333. The average Bonchev–Trinajstić information content (AvgIpc) is 3.04. The molecule has 4 nitrogen and oxygen atoms in total. The minimum atomic E-state index is -0.915. The number of amides is 1. The van der Waals surface area contributed by atoms with Gasteiger partial charge in [-0.15, -0.1) is 0 Å². The van der Waals surface area contributed by atoms with E-state index in [9.17, 15) is 13.6 Å². The third kappa shape index (κ3) is 3.95. The summed E-state index contributed by atoms with van der Waals surface area (Å²) in [6, 6.07) is 10.8. The molecular weight excluding hydrogens is 384 g/mol. The number of hydrogen-bond donors (Lipinski definition) is 0. The summed E-state index contributed by atoms with van der Waals surface area (Å²) in [6.07, 6.45) is 0.271. The van der Waals surface area contributed by atoms with Gasteiger partial charge >= 0.3 is 0 Å². The van der Waals surface area contributed by atoms with Crippen molar-refractivity contribution >= 4 is 23.2 Å². The summed E-state index contributed by atoms with van der Waals surface area (Å²) >= 11 is 6.19. The van der Waals surface area contributed by atoms with Crippen LogP contribution in [0.4, 0.5) is 14.5 Å². The third-order valence-corrected chi connectivity index (χ3v) is 5.29. The van der Waals surface area contributed by atoms with Crippen LogP contribution in [0.2, 0.25) is 5.02 Å². The van der Waals surface area contributed by atoms with Crippen molar-refractivity contribution in [2.24, 2.45) is 0 Å². The Morgan fingerprint density at radius 3 is 2.68 bits per heavy atom. The van der Waals surface area contributed by atoms with Crippen LogP contribution in [0.1, 0.15) is 31.4 Å². The van der Waals surface area contributed by atoms with E-state index in [2.05, 4.69) is 0 Å². The molecule has 7 heteroatoms. The minimum Gasteiger partial charge on any atom is -0.362 e. The first-order valence-electron chi connectivity index (χ1n) is 9.00. The first-order valence-corrected chi connectivity index (χ1v) is 9.38. The van der Waals surface area contributed by atoms with Gasteiger partial charge in [0.25, 0.3) is 0 Å². The molecule has 1 aliphatic rings. The van der Waals surface area contributed by atoms with Gasteiger partial charge in [0, 0.05) is 36.8 Å². The van der Waals surface area contributed by atoms with Gasteiger partial charge in [0.05, 0.1) is 16.6 Å². The standard InChI is InChI=1S/C21H20ClF2N3O/c1-13(2)26-12-17(9-20(26)28)27(11-15-4-3-5-19(23)21(15)24)16-7-6-14(10-25)18(22)8-16/h3-8,13,17H,9,11-12H2,1-2H3/t17-/m0/s1. The first kappa shape index (κ1) is 20.1. The highest BCUT2D eigenvalue weighted by molar-refractivity contribution is 6.32. The summed E-state index contributed by atoms with van der Waals surface area (Å²) in [7, 11) is 0. The Hall–Kier alpha value is -2.65. The van der Waals surface area contributed by atoms with E-state index in [1.807, 2.05) is 24.8 Å². The lowest BCUT2D eigenvalue weighted by Gasteiger charge is -2.32. The van der Waals surface area contributed by atoms with E-state index in [-0.39, 0.29) is 41.5 Å². The van der Waals surface area contributed by atoms with E-state index in [4.69, 9.17) is 16.9 Å². The fourth-order valence-corrected chi connectivity index (χ4v) is 3.70. The minimum absolute atomic E-state index is 0.0180. The van der Waals surface area contributed by atoms with Crippen molar-refractivity contribution in [3.63, 3.8) is 0 Å². The number of carbonyl (C=O) groups excluding carboxylic acids is 1. The van der Waals surface area contributed by atoms with Crippen LogP contribution in [0.25, 0.3) is 0 Å². The van der Waals surface area contributed by atoms with Gasteiger partial charge in [0.2, 0.25) is 5.91 Å². The number of anilines is 1. The van der Waals surface area contributed by atoms with E-state index in [0.717, 1.165) is 6.07 Å². The van der Waals surface area contributed by atoms with Gasteiger partial charge in [0.15, 0.2) is 11.6 Å². The molecule has 146 valence electrons. The second kappa shape index (κ2) is 8.15. The summed E-state index contributed by atoms with van der Waals surface area (Å²) < 4.78 is 28.0. The number of halogens is 3. The number of carbonyl (C=O) groups is 1. The highest BCUT2D eigenvalue weighted by Gasteiger charge is 2.35. The molecule has 0 saturated carbocycles. The lowest BCUT2D eigenvalue weighted by atomic mass is 10.1. The van der Waals surface area contributed by atoms with Gasteiger partial charge in [0.1, 0.15) is 6.07 Å². The number of nitriles is 1. The van der Waals surface area contributed by atoms with Crippen molar-refractivity contribution < 1.29 is 13.6 Å². The third-order valence-electron chi connectivity index (χ3n) is 4.98. The zero-order valence-corrected chi connectivity index (χ0v) is 16.4. The highest BCUT2D eigenvalue weighted by atomic mass is 35.5. The molecule has 0 aromatic heterocycles. The van der Waals surface area contributed by atoms with E-state index < -0.39 is 11.6 Å². The average molecular weight is 404 g/mol. The number of benzene rings is 2. The van der Waals surface area contributed by atoms with Crippen molar-refractivity contribution in [2.45, 2.75) is 38.9 Å². The maximum Gasteiger partial charge on any atom is 0.225 e. The number of likely N-dealkylation sites (tertiary alicyclic amines) is 1. The Morgan fingerprint density at radius 1 is 1.32 bits per heavy atom. The monoisotopic (exact) mass is 403 g/mol. The van der Waals surface area contributed by atoms with Gasteiger partial charge in [-0.1, -0.05) is 23.7 Å². The van der Waals surface area contributed by atoms with Crippen LogP contribution in [-0.4, -0.2) is 29.4 Å². The van der Waals surface area contributed by atoms with E-state index in [0.29, 0.717) is 17.8 Å². The first-order chi connectivity index (χ1) is 13.3. The molecular formula is C21H20ClF2N3O. The van der Waals surface area contributed by atoms with Crippen LogP contribution in [0, 0.1) is 23.0 Å².